The molecule has 0 spiro atoms. The Morgan fingerprint density at radius 1 is 1.18 bits per heavy atom. The summed E-state index contributed by atoms with van der Waals surface area (Å²) in [5.74, 6) is 0. The van der Waals surface area contributed by atoms with Gasteiger partial charge < -0.3 is 5.32 Å². The first-order valence-electron chi connectivity index (χ1n) is 6.68. The second kappa shape index (κ2) is 5.45. The number of aryl methyl sites for hydroxylation is 2. The molecule has 0 radical (unpaired) electrons. The van der Waals surface area contributed by atoms with Crippen LogP contribution < -0.4 is 5.32 Å². The highest BCUT2D eigenvalue weighted by Crippen LogP contribution is 2.46. The van der Waals surface area contributed by atoms with Crippen LogP contribution in [0.4, 0.5) is 0 Å². The van der Waals surface area contributed by atoms with Crippen LogP contribution in [-0.4, -0.2) is 11.8 Å². The van der Waals surface area contributed by atoms with Crippen LogP contribution in [-0.2, 0) is 0 Å². The monoisotopic (exact) mass is 249 g/mol. The van der Waals surface area contributed by atoms with Crippen molar-refractivity contribution < 1.29 is 0 Å². The van der Waals surface area contributed by atoms with Gasteiger partial charge in [0.1, 0.15) is 0 Å². The van der Waals surface area contributed by atoms with Crippen LogP contribution in [0, 0.1) is 13.8 Å². The van der Waals surface area contributed by atoms with E-state index in [1.807, 2.05) is 0 Å². The number of rotatable bonds is 4. The second-order valence-corrected chi connectivity index (χ2v) is 6.24. The molecule has 0 amide bonds. The molecule has 0 fully saturated rings. The van der Waals surface area contributed by atoms with Gasteiger partial charge in [-0.1, -0.05) is 26.3 Å². The summed E-state index contributed by atoms with van der Waals surface area (Å²) in [5.41, 5.74) is 4.37. The van der Waals surface area contributed by atoms with Crippen LogP contribution in [0.15, 0.2) is 17.0 Å². The zero-order chi connectivity index (χ0) is 12.4. The molecule has 2 unspecified atom stereocenters. The summed E-state index contributed by atoms with van der Waals surface area (Å²) < 4.78 is 0. The topological polar surface area (TPSA) is 12.0 Å². The van der Waals surface area contributed by atoms with E-state index in [-0.39, 0.29) is 0 Å². The Kier molecular flexibility index (Phi) is 4.16. The highest BCUT2D eigenvalue weighted by Gasteiger charge is 2.32. The maximum atomic E-state index is 3.66. The zero-order valence-corrected chi connectivity index (χ0v) is 12.2. The van der Waals surface area contributed by atoms with Gasteiger partial charge in [0, 0.05) is 16.2 Å². The Labute approximate surface area is 109 Å². The van der Waals surface area contributed by atoms with E-state index in [0.29, 0.717) is 6.04 Å². The quantitative estimate of drug-likeness (QED) is 0.857. The zero-order valence-electron chi connectivity index (χ0n) is 11.3. The molecule has 2 heteroatoms. The van der Waals surface area contributed by atoms with Gasteiger partial charge in [0.05, 0.1) is 0 Å². The van der Waals surface area contributed by atoms with Gasteiger partial charge >= 0.3 is 0 Å². The smallest absolute Gasteiger partial charge is 0.0455 e. The van der Waals surface area contributed by atoms with Crippen molar-refractivity contribution in [2.24, 2.45) is 0 Å². The van der Waals surface area contributed by atoms with Crippen LogP contribution >= 0.6 is 11.8 Å². The van der Waals surface area contributed by atoms with Crippen molar-refractivity contribution in [1.29, 1.82) is 0 Å². The van der Waals surface area contributed by atoms with E-state index < -0.39 is 0 Å². The molecule has 0 aliphatic carbocycles. The summed E-state index contributed by atoms with van der Waals surface area (Å²) in [6.45, 7) is 9.97. The normalized spacial score (nSPS) is 22.8. The van der Waals surface area contributed by atoms with Gasteiger partial charge in [-0.3, -0.25) is 0 Å². The molecule has 0 bridgehead atoms. The van der Waals surface area contributed by atoms with Crippen LogP contribution in [0.3, 0.4) is 0 Å². The molecule has 1 aliphatic rings. The first-order valence-corrected chi connectivity index (χ1v) is 7.56. The van der Waals surface area contributed by atoms with Crippen molar-refractivity contribution in [1.82, 2.24) is 5.32 Å². The van der Waals surface area contributed by atoms with Gasteiger partial charge in [0.15, 0.2) is 0 Å². The maximum absolute atomic E-state index is 3.66. The van der Waals surface area contributed by atoms with Gasteiger partial charge in [-0.15, -0.1) is 11.8 Å². The third kappa shape index (κ3) is 2.53. The number of benzene rings is 1. The summed E-state index contributed by atoms with van der Waals surface area (Å²) in [5, 5.41) is 4.38. The number of nitrogens with one attached hydrogen (secondary N) is 1. The highest BCUT2D eigenvalue weighted by atomic mass is 32.2. The van der Waals surface area contributed by atoms with E-state index in [2.05, 4.69) is 56.9 Å². The van der Waals surface area contributed by atoms with E-state index in [4.69, 9.17) is 0 Å². The first-order chi connectivity index (χ1) is 8.17. The van der Waals surface area contributed by atoms with E-state index in [1.165, 1.54) is 34.4 Å². The summed E-state index contributed by atoms with van der Waals surface area (Å²) >= 11 is 2.07. The molecule has 94 valence electrons. The van der Waals surface area contributed by atoms with Crippen molar-refractivity contribution in [3.05, 3.63) is 28.8 Å². The number of hydrogen-bond donors (Lipinski definition) is 1. The van der Waals surface area contributed by atoms with Crippen molar-refractivity contribution in [2.75, 3.05) is 6.54 Å². The second-order valence-electron chi connectivity index (χ2n) is 4.95. The minimum absolute atomic E-state index is 0.555. The molecule has 1 aromatic rings. The number of hydrogen-bond acceptors (Lipinski definition) is 2. The van der Waals surface area contributed by atoms with E-state index in [9.17, 15) is 0 Å². The van der Waals surface area contributed by atoms with E-state index in [0.717, 1.165) is 11.8 Å². The first kappa shape index (κ1) is 13.0. The van der Waals surface area contributed by atoms with Gasteiger partial charge in [-0.25, -0.2) is 0 Å². The lowest BCUT2D eigenvalue weighted by molar-refractivity contribution is 0.513. The fourth-order valence-electron chi connectivity index (χ4n) is 2.56. The average molecular weight is 249 g/mol. The van der Waals surface area contributed by atoms with Crippen molar-refractivity contribution in [3.8, 4) is 0 Å². The van der Waals surface area contributed by atoms with E-state index >= 15 is 0 Å². The molecule has 2 rings (SSSR count). The van der Waals surface area contributed by atoms with Gasteiger partial charge in [0.2, 0.25) is 0 Å². The molecule has 17 heavy (non-hydrogen) atoms. The molecule has 2 atom stereocenters. The van der Waals surface area contributed by atoms with Gasteiger partial charge in [-0.05, 0) is 49.6 Å². The van der Waals surface area contributed by atoms with Gasteiger partial charge in [-0.2, -0.15) is 0 Å². The minimum atomic E-state index is 0.555. The van der Waals surface area contributed by atoms with E-state index in [1.54, 1.807) is 0 Å². The Morgan fingerprint density at radius 2 is 1.88 bits per heavy atom. The molecule has 0 aromatic heterocycles. The Morgan fingerprint density at radius 3 is 2.53 bits per heavy atom. The third-order valence-electron chi connectivity index (χ3n) is 3.61. The van der Waals surface area contributed by atoms with Crippen LogP contribution in [0.25, 0.3) is 0 Å². The lowest BCUT2D eigenvalue weighted by Gasteiger charge is -2.20. The molecule has 1 aromatic carbocycles. The average Bonchev–Trinajstić information content (AvgIpc) is 2.59. The SMILES string of the molecule is CCCC1Sc2cc(C)c(C)cc2C1NCC. The fourth-order valence-corrected chi connectivity index (χ4v) is 4.19. The molecule has 1 nitrogen and oxygen atoms in total. The summed E-state index contributed by atoms with van der Waals surface area (Å²) in [6.07, 6.45) is 2.57. The molecule has 1 N–H and O–H groups in total. The number of fused-ring (bicyclic) bond motifs is 1. The molecular formula is C15H23NS. The standard InChI is InChI=1S/C15H23NS/c1-5-7-13-15(16-6-2)12-8-10(3)11(4)9-14(12)17-13/h8-9,13,15-16H,5-7H2,1-4H3. The lowest BCUT2D eigenvalue weighted by Crippen LogP contribution is -2.26. The largest absolute Gasteiger partial charge is 0.309 e. The predicted octanol–water partition coefficient (Wildman–Crippen LogP) is 4.23. The molecular weight excluding hydrogens is 226 g/mol. The number of thioether (sulfide) groups is 1. The lowest BCUT2D eigenvalue weighted by atomic mass is 9.97. The Hall–Kier alpha value is -0.470. The Bertz CT molecular complexity index is 400. The van der Waals surface area contributed by atoms with Crippen LogP contribution in [0.1, 0.15) is 49.4 Å². The van der Waals surface area contributed by atoms with Crippen molar-refractivity contribution in [3.63, 3.8) is 0 Å². The third-order valence-corrected chi connectivity index (χ3v) is 5.03. The van der Waals surface area contributed by atoms with Crippen molar-refractivity contribution in [2.45, 2.75) is 56.7 Å². The predicted molar refractivity (Wildman–Crippen MR) is 76.9 cm³/mol. The van der Waals surface area contributed by atoms with Crippen molar-refractivity contribution >= 4 is 11.8 Å². The van der Waals surface area contributed by atoms with Gasteiger partial charge in [0.25, 0.3) is 0 Å². The highest BCUT2D eigenvalue weighted by molar-refractivity contribution is 8.00. The molecule has 0 saturated heterocycles. The molecule has 1 heterocycles. The summed E-state index contributed by atoms with van der Waals surface area (Å²) in [7, 11) is 0. The fraction of sp³-hybridized carbons (Fsp3) is 0.600. The van der Waals surface area contributed by atoms with Crippen LogP contribution in [0.2, 0.25) is 0 Å². The molecule has 1 aliphatic heterocycles. The van der Waals surface area contributed by atoms with Crippen LogP contribution in [0.5, 0.6) is 0 Å². The maximum Gasteiger partial charge on any atom is 0.0455 e. The molecule has 0 saturated carbocycles. The summed E-state index contributed by atoms with van der Waals surface area (Å²) in [6, 6.07) is 5.31. The Balaban J connectivity index is 2.32. The minimum Gasteiger partial charge on any atom is -0.309 e. The summed E-state index contributed by atoms with van der Waals surface area (Å²) in [4.78, 5) is 1.50.